The molecule has 2 nitrogen and oxygen atoms in total. The van der Waals surface area contributed by atoms with Gasteiger partial charge in [0.05, 0.1) is 15.2 Å². The van der Waals surface area contributed by atoms with E-state index in [0.717, 1.165) is 11.9 Å². The van der Waals surface area contributed by atoms with Crippen LogP contribution in [0.2, 0.25) is 0 Å². The number of benzene rings is 1. The average Bonchev–Trinajstić information content (AvgIpc) is 2.70. The van der Waals surface area contributed by atoms with Gasteiger partial charge in [-0.25, -0.2) is 4.98 Å². The second-order valence-corrected chi connectivity index (χ2v) is 5.17. The van der Waals surface area contributed by atoms with Crippen molar-refractivity contribution in [2.75, 3.05) is 7.05 Å². The molecule has 0 spiro atoms. The third kappa shape index (κ3) is 2.60. The SMILES string of the molecule is CCCC(Cc1nc2ccccc2s1)NC. The van der Waals surface area contributed by atoms with Crippen LogP contribution in [0.15, 0.2) is 24.3 Å². The largest absolute Gasteiger partial charge is 0.317 e. The van der Waals surface area contributed by atoms with Crippen molar-refractivity contribution in [2.24, 2.45) is 0 Å². The van der Waals surface area contributed by atoms with Crippen LogP contribution in [-0.4, -0.2) is 18.1 Å². The summed E-state index contributed by atoms with van der Waals surface area (Å²) in [4.78, 5) is 4.66. The predicted molar refractivity (Wildman–Crippen MR) is 71.1 cm³/mol. The summed E-state index contributed by atoms with van der Waals surface area (Å²) in [6.45, 7) is 2.22. The Morgan fingerprint density at radius 3 is 2.88 bits per heavy atom. The Bertz CT molecular complexity index is 417. The van der Waals surface area contributed by atoms with Gasteiger partial charge in [-0.1, -0.05) is 25.5 Å². The van der Waals surface area contributed by atoms with E-state index in [0.29, 0.717) is 6.04 Å². The topological polar surface area (TPSA) is 24.9 Å². The maximum Gasteiger partial charge on any atom is 0.0954 e. The van der Waals surface area contributed by atoms with Crippen LogP contribution in [-0.2, 0) is 6.42 Å². The molecular formula is C13H18N2S. The lowest BCUT2D eigenvalue weighted by atomic mass is 10.1. The van der Waals surface area contributed by atoms with Crippen molar-refractivity contribution in [1.82, 2.24) is 10.3 Å². The van der Waals surface area contributed by atoms with E-state index < -0.39 is 0 Å². The van der Waals surface area contributed by atoms with Crippen LogP contribution >= 0.6 is 11.3 Å². The number of likely N-dealkylation sites (N-methyl/N-ethyl adjacent to an activating group) is 1. The zero-order valence-corrected chi connectivity index (χ0v) is 10.7. The Morgan fingerprint density at radius 2 is 2.19 bits per heavy atom. The third-order valence-corrected chi connectivity index (χ3v) is 3.86. The van der Waals surface area contributed by atoms with Gasteiger partial charge >= 0.3 is 0 Å². The molecule has 2 rings (SSSR count). The molecule has 0 bridgehead atoms. The summed E-state index contributed by atoms with van der Waals surface area (Å²) >= 11 is 1.82. The van der Waals surface area contributed by atoms with E-state index in [4.69, 9.17) is 0 Å². The fraction of sp³-hybridized carbons (Fsp3) is 0.462. The van der Waals surface area contributed by atoms with Gasteiger partial charge in [0.1, 0.15) is 0 Å². The van der Waals surface area contributed by atoms with Crippen LogP contribution in [0, 0.1) is 0 Å². The van der Waals surface area contributed by atoms with E-state index in [1.54, 1.807) is 0 Å². The summed E-state index contributed by atoms with van der Waals surface area (Å²) in [5, 5.41) is 4.61. The number of nitrogens with zero attached hydrogens (tertiary/aromatic N) is 1. The van der Waals surface area contributed by atoms with Gasteiger partial charge in [0.25, 0.3) is 0 Å². The molecule has 86 valence electrons. The molecule has 0 aliphatic carbocycles. The van der Waals surface area contributed by atoms with E-state index >= 15 is 0 Å². The van der Waals surface area contributed by atoms with Gasteiger partial charge in [-0.3, -0.25) is 0 Å². The van der Waals surface area contributed by atoms with E-state index in [9.17, 15) is 0 Å². The van der Waals surface area contributed by atoms with Crippen LogP contribution in [0.5, 0.6) is 0 Å². The van der Waals surface area contributed by atoms with E-state index in [1.807, 2.05) is 24.5 Å². The van der Waals surface area contributed by atoms with Crippen molar-refractivity contribution in [3.8, 4) is 0 Å². The molecule has 0 aliphatic heterocycles. The predicted octanol–water partition coefficient (Wildman–Crippen LogP) is 3.23. The number of para-hydroxylation sites is 1. The lowest BCUT2D eigenvalue weighted by Crippen LogP contribution is -2.27. The Kier molecular flexibility index (Phi) is 3.91. The molecule has 1 N–H and O–H groups in total. The Morgan fingerprint density at radius 1 is 1.38 bits per heavy atom. The highest BCUT2D eigenvalue weighted by atomic mass is 32.1. The minimum absolute atomic E-state index is 0.561. The molecule has 1 aromatic heterocycles. The number of thiazole rings is 1. The number of hydrogen-bond donors (Lipinski definition) is 1. The van der Waals surface area contributed by atoms with Gasteiger partial charge in [-0.2, -0.15) is 0 Å². The minimum atomic E-state index is 0.561. The smallest absolute Gasteiger partial charge is 0.0954 e. The molecule has 16 heavy (non-hydrogen) atoms. The lowest BCUT2D eigenvalue weighted by molar-refractivity contribution is 0.513. The molecule has 0 saturated heterocycles. The zero-order chi connectivity index (χ0) is 11.4. The van der Waals surface area contributed by atoms with Crippen molar-refractivity contribution in [3.63, 3.8) is 0 Å². The first-order valence-electron chi connectivity index (χ1n) is 5.85. The van der Waals surface area contributed by atoms with Gasteiger partial charge in [-0.15, -0.1) is 11.3 Å². The molecule has 1 unspecified atom stereocenters. The summed E-state index contributed by atoms with van der Waals surface area (Å²) < 4.78 is 1.30. The van der Waals surface area contributed by atoms with E-state index in [1.165, 1.54) is 22.5 Å². The van der Waals surface area contributed by atoms with Gasteiger partial charge in [-0.05, 0) is 25.6 Å². The van der Waals surface area contributed by atoms with Crippen molar-refractivity contribution < 1.29 is 0 Å². The third-order valence-electron chi connectivity index (χ3n) is 2.80. The molecule has 0 saturated carbocycles. The Hall–Kier alpha value is -0.930. The number of aromatic nitrogens is 1. The summed E-state index contributed by atoms with van der Waals surface area (Å²) in [6, 6.07) is 8.92. The lowest BCUT2D eigenvalue weighted by Gasteiger charge is -2.12. The van der Waals surface area contributed by atoms with Crippen molar-refractivity contribution in [3.05, 3.63) is 29.3 Å². The standard InChI is InChI=1S/C13H18N2S/c1-3-6-10(14-2)9-13-15-11-7-4-5-8-12(11)16-13/h4-5,7-8,10,14H,3,6,9H2,1-2H3. The van der Waals surface area contributed by atoms with E-state index in [2.05, 4.69) is 35.4 Å². The normalized spacial score (nSPS) is 13.1. The van der Waals surface area contributed by atoms with Gasteiger partial charge in [0, 0.05) is 12.5 Å². The van der Waals surface area contributed by atoms with Crippen molar-refractivity contribution >= 4 is 21.6 Å². The van der Waals surface area contributed by atoms with Crippen molar-refractivity contribution in [2.45, 2.75) is 32.2 Å². The van der Waals surface area contributed by atoms with E-state index in [-0.39, 0.29) is 0 Å². The number of hydrogen-bond acceptors (Lipinski definition) is 3. The van der Waals surface area contributed by atoms with Crippen LogP contribution in [0.3, 0.4) is 0 Å². The second-order valence-electron chi connectivity index (χ2n) is 4.05. The first kappa shape index (κ1) is 11.6. The molecule has 2 aromatic rings. The Balaban J connectivity index is 2.14. The maximum atomic E-state index is 4.66. The molecule has 1 atom stereocenters. The molecule has 1 aromatic carbocycles. The first-order valence-corrected chi connectivity index (χ1v) is 6.67. The molecule has 3 heteroatoms. The Labute approximate surface area is 101 Å². The highest BCUT2D eigenvalue weighted by molar-refractivity contribution is 7.18. The van der Waals surface area contributed by atoms with Crippen LogP contribution in [0.4, 0.5) is 0 Å². The van der Waals surface area contributed by atoms with Crippen LogP contribution in [0.25, 0.3) is 10.2 Å². The zero-order valence-electron chi connectivity index (χ0n) is 9.86. The fourth-order valence-corrected chi connectivity index (χ4v) is 2.96. The molecule has 0 fully saturated rings. The first-order chi connectivity index (χ1) is 7.83. The number of fused-ring (bicyclic) bond motifs is 1. The molecular weight excluding hydrogens is 216 g/mol. The maximum absolute atomic E-state index is 4.66. The van der Waals surface area contributed by atoms with Gasteiger partial charge in [0.15, 0.2) is 0 Å². The molecule has 0 amide bonds. The second kappa shape index (κ2) is 5.41. The summed E-state index contributed by atoms with van der Waals surface area (Å²) in [5.41, 5.74) is 1.13. The summed E-state index contributed by atoms with van der Waals surface area (Å²) in [5.74, 6) is 0. The number of nitrogens with one attached hydrogen (secondary N) is 1. The highest BCUT2D eigenvalue weighted by Gasteiger charge is 2.09. The summed E-state index contributed by atoms with van der Waals surface area (Å²) in [6.07, 6.45) is 3.48. The van der Waals surface area contributed by atoms with Gasteiger partial charge < -0.3 is 5.32 Å². The molecule has 0 aliphatic rings. The summed E-state index contributed by atoms with van der Waals surface area (Å²) in [7, 11) is 2.04. The molecule has 1 heterocycles. The fourth-order valence-electron chi connectivity index (χ4n) is 1.91. The van der Waals surface area contributed by atoms with Crippen LogP contribution < -0.4 is 5.32 Å². The average molecular weight is 234 g/mol. The van der Waals surface area contributed by atoms with Crippen LogP contribution in [0.1, 0.15) is 24.8 Å². The van der Waals surface area contributed by atoms with Crippen molar-refractivity contribution in [1.29, 1.82) is 0 Å². The minimum Gasteiger partial charge on any atom is -0.317 e. The monoisotopic (exact) mass is 234 g/mol. The van der Waals surface area contributed by atoms with Gasteiger partial charge in [0.2, 0.25) is 0 Å². The molecule has 0 radical (unpaired) electrons. The quantitative estimate of drug-likeness (QED) is 0.859. The highest BCUT2D eigenvalue weighted by Crippen LogP contribution is 2.22. The number of rotatable bonds is 5.